The Morgan fingerprint density at radius 3 is 2.44 bits per heavy atom. The zero-order chi connectivity index (χ0) is 13.0. The summed E-state index contributed by atoms with van der Waals surface area (Å²) < 4.78 is 0. The Labute approximate surface area is 113 Å². The van der Waals surface area contributed by atoms with Crippen LogP contribution < -0.4 is 5.73 Å². The average Bonchev–Trinajstić information content (AvgIpc) is 2.81. The summed E-state index contributed by atoms with van der Waals surface area (Å²) in [4.78, 5) is 2.73. The van der Waals surface area contributed by atoms with Crippen molar-refractivity contribution in [3.8, 4) is 0 Å². The van der Waals surface area contributed by atoms with Gasteiger partial charge in [0.1, 0.15) is 0 Å². The van der Waals surface area contributed by atoms with Crippen LogP contribution in [0.4, 0.5) is 0 Å². The molecule has 2 fully saturated rings. The van der Waals surface area contributed by atoms with Crippen LogP contribution in [0, 0.1) is 11.8 Å². The van der Waals surface area contributed by atoms with E-state index in [1.54, 1.807) is 0 Å². The lowest BCUT2D eigenvalue weighted by Gasteiger charge is -2.39. The van der Waals surface area contributed by atoms with Crippen molar-refractivity contribution in [1.82, 2.24) is 4.90 Å². The van der Waals surface area contributed by atoms with Crippen LogP contribution in [0.5, 0.6) is 0 Å². The molecule has 0 spiro atoms. The summed E-state index contributed by atoms with van der Waals surface area (Å²) in [5.41, 5.74) is 6.39. The molecule has 1 aliphatic carbocycles. The predicted octanol–water partition coefficient (Wildman–Crippen LogP) is 3.40. The van der Waals surface area contributed by atoms with Crippen LogP contribution in [0.1, 0.15) is 65.2 Å². The molecule has 4 atom stereocenters. The molecule has 1 heterocycles. The van der Waals surface area contributed by atoms with Gasteiger partial charge in [-0.15, -0.1) is 0 Å². The van der Waals surface area contributed by atoms with E-state index < -0.39 is 0 Å². The molecule has 1 aliphatic heterocycles. The number of hydrogen-bond acceptors (Lipinski definition) is 2. The van der Waals surface area contributed by atoms with E-state index in [1.807, 2.05) is 0 Å². The normalized spacial score (nSPS) is 38.2. The zero-order valence-electron chi connectivity index (χ0n) is 12.4. The third kappa shape index (κ3) is 3.48. The summed E-state index contributed by atoms with van der Waals surface area (Å²) in [5, 5.41) is 0. The van der Waals surface area contributed by atoms with Crippen molar-refractivity contribution in [2.45, 2.75) is 77.3 Å². The molecule has 0 aromatic rings. The molecular formula is C16H32N2. The van der Waals surface area contributed by atoms with E-state index in [2.05, 4.69) is 18.7 Å². The molecule has 1 saturated heterocycles. The van der Waals surface area contributed by atoms with Gasteiger partial charge in [-0.25, -0.2) is 0 Å². The molecule has 2 heteroatoms. The third-order valence-corrected chi connectivity index (χ3v) is 5.16. The first-order valence-electron chi connectivity index (χ1n) is 8.24. The van der Waals surface area contributed by atoms with Gasteiger partial charge in [0, 0.05) is 18.6 Å². The fraction of sp³-hybridized carbons (Fsp3) is 1.00. The largest absolute Gasteiger partial charge is 0.326 e. The van der Waals surface area contributed by atoms with Gasteiger partial charge in [0.15, 0.2) is 0 Å². The fourth-order valence-corrected chi connectivity index (χ4v) is 4.15. The van der Waals surface area contributed by atoms with Gasteiger partial charge in [-0.2, -0.15) is 0 Å². The highest BCUT2D eigenvalue weighted by atomic mass is 15.2. The van der Waals surface area contributed by atoms with E-state index in [9.17, 15) is 0 Å². The molecule has 18 heavy (non-hydrogen) atoms. The quantitative estimate of drug-likeness (QED) is 0.812. The summed E-state index contributed by atoms with van der Waals surface area (Å²) in [5.74, 6) is 1.90. The molecule has 1 saturated carbocycles. The lowest BCUT2D eigenvalue weighted by Crippen LogP contribution is -2.50. The van der Waals surface area contributed by atoms with E-state index in [0.717, 1.165) is 11.8 Å². The first-order chi connectivity index (χ1) is 8.74. The maximum atomic E-state index is 6.39. The van der Waals surface area contributed by atoms with Crippen molar-refractivity contribution >= 4 is 0 Å². The molecule has 4 unspecified atom stereocenters. The Balaban J connectivity index is 1.86. The molecule has 0 radical (unpaired) electrons. The molecule has 2 rings (SSSR count). The van der Waals surface area contributed by atoms with Crippen molar-refractivity contribution in [2.24, 2.45) is 17.6 Å². The smallest absolute Gasteiger partial charge is 0.0249 e. The van der Waals surface area contributed by atoms with Crippen LogP contribution in [0.3, 0.4) is 0 Å². The van der Waals surface area contributed by atoms with Gasteiger partial charge < -0.3 is 5.73 Å². The van der Waals surface area contributed by atoms with Gasteiger partial charge in [0.05, 0.1) is 0 Å². The van der Waals surface area contributed by atoms with E-state index in [-0.39, 0.29) is 0 Å². The summed E-state index contributed by atoms with van der Waals surface area (Å²) in [6.07, 6.45) is 10.9. The minimum atomic E-state index is 0.443. The molecular weight excluding hydrogens is 220 g/mol. The Morgan fingerprint density at radius 1 is 1.00 bits per heavy atom. The SMILES string of the molecule is CCCC1CCC(N)C(N2CCC(CCC)C2)C1. The summed E-state index contributed by atoms with van der Waals surface area (Å²) in [6.45, 7) is 7.26. The minimum absolute atomic E-state index is 0.443. The lowest BCUT2D eigenvalue weighted by atomic mass is 9.80. The average molecular weight is 252 g/mol. The van der Waals surface area contributed by atoms with Gasteiger partial charge in [-0.1, -0.05) is 33.1 Å². The van der Waals surface area contributed by atoms with Crippen LogP contribution in [-0.4, -0.2) is 30.1 Å². The Hall–Kier alpha value is -0.0800. The van der Waals surface area contributed by atoms with Crippen LogP contribution in [-0.2, 0) is 0 Å². The second kappa shape index (κ2) is 6.91. The first-order valence-corrected chi connectivity index (χ1v) is 8.24. The van der Waals surface area contributed by atoms with Crippen molar-refractivity contribution < 1.29 is 0 Å². The number of likely N-dealkylation sites (tertiary alicyclic amines) is 1. The second-order valence-electron chi connectivity index (χ2n) is 6.64. The monoisotopic (exact) mass is 252 g/mol. The van der Waals surface area contributed by atoms with Crippen molar-refractivity contribution in [3.05, 3.63) is 0 Å². The maximum Gasteiger partial charge on any atom is 0.0249 e. The van der Waals surface area contributed by atoms with E-state index >= 15 is 0 Å². The topological polar surface area (TPSA) is 29.3 Å². The maximum absolute atomic E-state index is 6.39. The van der Waals surface area contributed by atoms with Crippen LogP contribution in [0.25, 0.3) is 0 Å². The third-order valence-electron chi connectivity index (χ3n) is 5.16. The number of nitrogens with zero attached hydrogens (tertiary/aromatic N) is 1. The molecule has 106 valence electrons. The van der Waals surface area contributed by atoms with E-state index in [1.165, 1.54) is 64.5 Å². The number of nitrogens with two attached hydrogens (primary N) is 1. The Bertz CT molecular complexity index is 241. The standard InChI is InChI=1S/C16H32N2/c1-3-5-13-7-8-15(17)16(11-13)18-10-9-14(12-18)6-4-2/h13-16H,3-12,17H2,1-2H3. The molecule has 2 N–H and O–H groups in total. The van der Waals surface area contributed by atoms with Gasteiger partial charge in [-0.05, 0) is 50.5 Å². The van der Waals surface area contributed by atoms with Crippen LogP contribution >= 0.6 is 0 Å². The van der Waals surface area contributed by atoms with Gasteiger partial charge in [0.2, 0.25) is 0 Å². The summed E-state index contributed by atoms with van der Waals surface area (Å²) in [7, 11) is 0. The van der Waals surface area contributed by atoms with E-state index in [0.29, 0.717) is 12.1 Å². The first kappa shape index (κ1) is 14.3. The zero-order valence-corrected chi connectivity index (χ0v) is 12.4. The highest BCUT2D eigenvalue weighted by molar-refractivity contribution is 4.92. The predicted molar refractivity (Wildman–Crippen MR) is 78.6 cm³/mol. The van der Waals surface area contributed by atoms with Gasteiger partial charge in [-0.3, -0.25) is 4.90 Å². The van der Waals surface area contributed by atoms with Gasteiger partial charge >= 0.3 is 0 Å². The Kier molecular flexibility index (Phi) is 5.50. The fourth-order valence-electron chi connectivity index (χ4n) is 4.15. The molecule has 2 nitrogen and oxygen atoms in total. The van der Waals surface area contributed by atoms with Gasteiger partial charge in [0.25, 0.3) is 0 Å². The van der Waals surface area contributed by atoms with Crippen LogP contribution in [0.2, 0.25) is 0 Å². The molecule has 2 aliphatic rings. The summed E-state index contributed by atoms with van der Waals surface area (Å²) >= 11 is 0. The Morgan fingerprint density at radius 2 is 1.72 bits per heavy atom. The molecule has 0 bridgehead atoms. The molecule has 0 aromatic carbocycles. The van der Waals surface area contributed by atoms with Crippen molar-refractivity contribution in [1.29, 1.82) is 0 Å². The highest BCUT2D eigenvalue weighted by Gasteiger charge is 2.35. The number of rotatable bonds is 5. The van der Waals surface area contributed by atoms with Crippen LogP contribution in [0.15, 0.2) is 0 Å². The van der Waals surface area contributed by atoms with Crippen molar-refractivity contribution in [2.75, 3.05) is 13.1 Å². The lowest BCUT2D eigenvalue weighted by molar-refractivity contribution is 0.127. The molecule has 0 amide bonds. The van der Waals surface area contributed by atoms with Crippen molar-refractivity contribution in [3.63, 3.8) is 0 Å². The second-order valence-corrected chi connectivity index (χ2v) is 6.64. The number of hydrogen-bond donors (Lipinski definition) is 1. The highest BCUT2D eigenvalue weighted by Crippen LogP contribution is 2.33. The molecule has 0 aromatic heterocycles. The minimum Gasteiger partial charge on any atom is -0.326 e. The summed E-state index contributed by atoms with van der Waals surface area (Å²) in [6, 6.07) is 1.13. The van der Waals surface area contributed by atoms with E-state index in [4.69, 9.17) is 5.73 Å².